The van der Waals surface area contributed by atoms with Gasteiger partial charge in [0.15, 0.2) is 5.78 Å². The number of hydrogen-bond donors (Lipinski definition) is 0. The van der Waals surface area contributed by atoms with Gasteiger partial charge in [-0.25, -0.2) is 0 Å². The molecule has 2 aromatic carbocycles. The van der Waals surface area contributed by atoms with Gasteiger partial charge in [0.25, 0.3) is 0 Å². The largest absolute Gasteiger partial charge is 0.488 e. The highest BCUT2D eigenvalue weighted by atomic mass is 16.5. The van der Waals surface area contributed by atoms with E-state index in [4.69, 9.17) is 9.47 Å². The SMILES string of the molecule is CCOC(=O)CC(=O)CC1CC(=O)c2ccc3ccccc3c2O1. The molecule has 0 N–H and O–H groups in total. The number of ketones is 2. The van der Waals surface area contributed by atoms with Gasteiger partial charge < -0.3 is 9.47 Å². The lowest BCUT2D eigenvalue weighted by atomic mass is 9.94. The zero-order chi connectivity index (χ0) is 17.1. The van der Waals surface area contributed by atoms with E-state index in [9.17, 15) is 14.4 Å². The lowest BCUT2D eigenvalue weighted by molar-refractivity contribution is -0.145. The molecule has 0 saturated heterocycles. The number of esters is 1. The molecule has 0 aromatic heterocycles. The molecule has 1 aliphatic rings. The van der Waals surface area contributed by atoms with E-state index in [1.54, 1.807) is 13.0 Å². The van der Waals surface area contributed by atoms with Gasteiger partial charge in [0.05, 0.1) is 12.2 Å². The van der Waals surface area contributed by atoms with E-state index >= 15 is 0 Å². The molecule has 0 fully saturated rings. The minimum absolute atomic E-state index is 0.0210. The third-order valence-electron chi connectivity index (χ3n) is 3.98. The Morgan fingerprint density at radius 2 is 2.00 bits per heavy atom. The zero-order valence-corrected chi connectivity index (χ0v) is 13.4. The molecule has 1 heterocycles. The number of hydrogen-bond acceptors (Lipinski definition) is 5. The van der Waals surface area contributed by atoms with Gasteiger partial charge in [-0.3, -0.25) is 14.4 Å². The van der Waals surface area contributed by atoms with Crippen LogP contribution in [0.25, 0.3) is 10.8 Å². The number of carbonyl (C=O) groups excluding carboxylic acids is 3. The highest BCUT2D eigenvalue weighted by Crippen LogP contribution is 2.35. The van der Waals surface area contributed by atoms with Gasteiger partial charge in [-0.05, 0) is 18.4 Å². The van der Waals surface area contributed by atoms with Gasteiger partial charge in [0, 0.05) is 18.2 Å². The molecule has 0 amide bonds. The molecule has 1 atom stereocenters. The Balaban J connectivity index is 1.79. The number of ether oxygens (including phenoxy) is 2. The molecule has 3 rings (SSSR count). The fraction of sp³-hybridized carbons (Fsp3) is 0.316. The maximum atomic E-state index is 12.4. The van der Waals surface area contributed by atoms with Crippen molar-refractivity contribution in [3.63, 3.8) is 0 Å². The molecule has 5 nitrogen and oxygen atoms in total. The van der Waals surface area contributed by atoms with Crippen LogP contribution in [-0.2, 0) is 14.3 Å². The zero-order valence-electron chi connectivity index (χ0n) is 13.4. The summed E-state index contributed by atoms with van der Waals surface area (Å²) < 4.78 is 10.7. The molecule has 0 bridgehead atoms. The van der Waals surface area contributed by atoms with Gasteiger partial charge in [-0.1, -0.05) is 30.3 Å². The molecule has 0 radical (unpaired) electrons. The minimum Gasteiger partial charge on any atom is -0.488 e. The second-order valence-corrected chi connectivity index (χ2v) is 5.76. The second-order valence-electron chi connectivity index (χ2n) is 5.76. The van der Waals surface area contributed by atoms with E-state index in [1.165, 1.54) is 0 Å². The molecule has 0 spiro atoms. The van der Waals surface area contributed by atoms with E-state index in [2.05, 4.69) is 0 Å². The summed E-state index contributed by atoms with van der Waals surface area (Å²) >= 11 is 0. The van der Waals surface area contributed by atoms with Crippen molar-refractivity contribution in [2.75, 3.05) is 6.61 Å². The van der Waals surface area contributed by atoms with Crippen LogP contribution in [0.2, 0.25) is 0 Å². The number of fused-ring (bicyclic) bond motifs is 3. The van der Waals surface area contributed by atoms with E-state index in [1.807, 2.05) is 30.3 Å². The van der Waals surface area contributed by atoms with E-state index in [-0.39, 0.29) is 37.4 Å². The standard InChI is InChI=1S/C19H18O5/c1-2-23-18(22)10-13(20)9-14-11-17(21)16-8-7-12-5-3-4-6-15(12)19(16)24-14/h3-8,14H,2,9-11H2,1H3. The van der Waals surface area contributed by atoms with Crippen LogP contribution in [0.3, 0.4) is 0 Å². The summed E-state index contributed by atoms with van der Waals surface area (Å²) in [6, 6.07) is 11.3. The molecule has 0 saturated carbocycles. The molecular weight excluding hydrogens is 308 g/mol. The average Bonchev–Trinajstić information content (AvgIpc) is 2.54. The third kappa shape index (κ3) is 3.30. The van der Waals surface area contributed by atoms with Crippen LogP contribution in [0.15, 0.2) is 36.4 Å². The van der Waals surface area contributed by atoms with Crippen LogP contribution >= 0.6 is 0 Å². The van der Waals surface area contributed by atoms with Crippen molar-refractivity contribution in [2.45, 2.75) is 32.3 Å². The van der Waals surface area contributed by atoms with Crippen molar-refractivity contribution in [3.8, 4) is 5.75 Å². The van der Waals surface area contributed by atoms with Crippen molar-refractivity contribution in [1.29, 1.82) is 0 Å². The monoisotopic (exact) mass is 326 g/mol. The van der Waals surface area contributed by atoms with Crippen molar-refractivity contribution in [3.05, 3.63) is 42.0 Å². The van der Waals surface area contributed by atoms with Crippen LogP contribution in [0.5, 0.6) is 5.75 Å². The number of benzene rings is 2. The van der Waals surface area contributed by atoms with Gasteiger partial charge in [0.2, 0.25) is 0 Å². The Bertz CT molecular complexity index is 809. The summed E-state index contributed by atoms with van der Waals surface area (Å²) in [5, 5.41) is 1.83. The molecule has 124 valence electrons. The average molecular weight is 326 g/mol. The van der Waals surface area contributed by atoms with E-state index in [0.29, 0.717) is 11.3 Å². The van der Waals surface area contributed by atoms with Crippen LogP contribution in [0.1, 0.15) is 36.5 Å². The van der Waals surface area contributed by atoms with Gasteiger partial charge in [-0.15, -0.1) is 0 Å². The molecule has 5 heteroatoms. The van der Waals surface area contributed by atoms with Gasteiger partial charge in [-0.2, -0.15) is 0 Å². The maximum Gasteiger partial charge on any atom is 0.313 e. The smallest absolute Gasteiger partial charge is 0.313 e. The first kappa shape index (κ1) is 16.2. The lowest BCUT2D eigenvalue weighted by Gasteiger charge is -2.26. The summed E-state index contributed by atoms with van der Waals surface area (Å²) in [6.07, 6.45) is -0.671. The molecule has 0 aliphatic carbocycles. The topological polar surface area (TPSA) is 69.7 Å². The van der Waals surface area contributed by atoms with E-state index < -0.39 is 12.1 Å². The number of rotatable bonds is 5. The van der Waals surface area contributed by atoms with Crippen molar-refractivity contribution in [1.82, 2.24) is 0 Å². The summed E-state index contributed by atoms with van der Waals surface area (Å²) in [7, 11) is 0. The Labute approximate surface area is 139 Å². The predicted octanol–water partition coefficient (Wildman–Crippen LogP) is 3.09. The van der Waals surface area contributed by atoms with Crippen LogP contribution in [0, 0.1) is 0 Å². The van der Waals surface area contributed by atoms with Crippen LogP contribution in [0.4, 0.5) is 0 Å². The minimum atomic E-state index is -0.546. The van der Waals surface area contributed by atoms with E-state index in [0.717, 1.165) is 10.8 Å². The summed E-state index contributed by atoms with van der Waals surface area (Å²) in [4.78, 5) is 35.7. The highest BCUT2D eigenvalue weighted by molar-refractivity contribution is 6.06. The number of Topliss-reactive ketones (excluding diaryl/α,β-unsaturated/α-hetero) is 2. The summed E-state index contributed by atoms with van der Waals surface area (Å²) in [6.45, 7) is 1.93. The summed E-state index contributed by atoms with van der Waals surface area (Å²) in [5.41, 5.74) is 0.544. The molecule has 24 heavy (non-hydrogen) atoms. The Morgan fingerprint density at radius 1 is 1.21 bits per heavy atom. The fourth-order valence-electron chi connectivity index (χ4n) is 2.93. The van der Waals surface area contributed by atoms with Crippen molar-refractivity contribution < 1.29 is 23.9 Å². The Hall–Kier alpha value is -2.69. The number of carbonyl (C=O) groups is 3. The Morgan fingerprint density at radius 3 is 2.79 bits per heavy atom. The normalized spacial score (nSPS) is 16.4. The van der Waals surface area contributed by atoms with Crippen molar-refractivity contribution in [2.24, 2.45) is 0 Å². The van der Waals surface area contributed by atoms with Crippen LogP contribution in [-0.4, -0.2) is 30.2 Å². The predicted molar refractivity (Wildman–Crippen MR) is 88.2 cm³/mol. The molecule has 2 aromatic rings. The first-order valence-corrected chi connectivity index (χ1v) is 7.97. The first-order valence-electron chi connectivity index (χ1n) is 7.97. The summed E-state index contributed by atoms with van der Waals surface area (Å²) in [5.74, 6) is -0.348. The maximum absolute atomic E-state index is 12.4. The Kier molecular flexibility index (Phi) is 4.60. The first-order chi connectivity index (χ1) is 11.6. The molecule has 1 unspecified atom stereocenters. The lowest BCUT2D eigenvalue weighted by Crippen LogP contribution is -2.30. The third-order valence-corrected chi connectivity index (χ3v) is 3.98. The highest BCUT2D eigenvalue weighted by Gasteiger charge is 2.29. The molecular formula is C19H18O5. The quantitative estimate of drug-likeness (QED) is 0.624. The second kappa shape index (κ2) is 6.83. The van der Waals surface area contributed by atoms with Gasteiger partial charge >= 0.3 is 5.97 Å². The van der Waals surface area contributed by atoms with Crippen LogP contribution < -0.4 is 4.74 Å². The van der Waals surface area contributed by atoms with Crippen molar-refractivity contribution >= 4 is 28.3 Å². The fourth-order valence-corrected chi connectivity index (χ4v) is 2.93. The molecule has 1 aliphatic heterocycles. The van der Waals surface area contributed by atoms with Gasteiger partial charge in [0.1, 0.15) is 24.1 Å².